The molecule has 3 heteroatoms. The third kappa shape index (κ3) is 2.39. The molecule has 0 amide bonds. The molecule has 0 spiro atoms. The number of aryl methyl sites for hydroxylation is 1. The molecule has 0 N–H and O–H groups in total. The average molecular weight is 289 g/mol. The maximum absolute atomic E-state index is 6.01. The molecular weight excluding hydrogens is 272 g/mol. The van der Waals surface area contributed by atoms with Crippen LogP contribution < -0.4 is 10.1 Å². The van der Waals surface area contributed by atoms with E-state index in [0.717, 1.165) is 41.0 Å². The topological polar surface area (TPSA) is 36.2 Å². The summed E-state index contributed by atoms with van der Waals surface area (Å²) in [5.41, 5.74) is 5.61. The Balaban J connectivity index is 1.61. The van der Waals surface area contributed by atoms with Crippen molar-refractivity contribution in [3.05, 3.63) is 65.4 Å². The number of hydrogen-bond acceptors (Lipinski definition) is 2. The molecule has 2 heterocycles. The van der Waals surface area contributed by atoms with Gasteiger partial charge < -0.3 is 4.74 Å². The van der Waals surface area contributed by atoms with Crippen LogP contribution in [0.3, 0.4) is 0 Å². The van der Waals surface area contributed by atoms with Crippen molar-refractivity contribution in [1.82, 2.24) is 10.3 Å². The van der Waals surface area contributed by atoms with Crippen LogP contribution in [0, 0.1) is 6.92 Å². The first kappa shape index (κ1) is 13.1. The van der Waals surface area contributed by atoms with Gasteiger partial charge >= 0.3 is 0 Å². The smallest absolute Gasteiger partial charge is 0.120 e. The second-order valence-corrected chi connectivity index (χ2v) is 5.65. The summed E-state index contributed by atoms with van der Waals surface area (Å²) in [7, 11) is 0. The van der Waals surface area contributed by atoms with Crippen LogP contribution in [0.2, 0.25) is 0 Å². The van der Waals surface area contributed by atoms with E-state index in [2.05, 4.69) is 28.5 Å². The number of ether oxygens (including phenoxy) is 1. The van der Waals surface area contributed by atoms with Gasteiger partial charge in [-0.1, -0.05) is 18.2 Å². The molecule has 1 aliphatic heterocycles. The first-order valence-corrected chi connectivity index (χ1v) is 7.58. The fourth-order valence-corrected chi connectivity index (χ4v) is 2.98. The second kappa shape index (κ2) is 5.34. The molecule has 1 aliphatic rings. The lowest BCUT2D eigenvalue weighted by molar-refractivity contribution is 0.307. The van der Waals surface area contributed by atoms with Crippen molar-refractivity contribution in [3.63, 3.8) is 0 Å². The Morgan fingerprint density at radius 3 is 2.95 bits per heavy atom. The Hall–Kier alpha value is -2.55. The molecule has 4 rings (SSSR count). The predicted octanol–water partition coefficient (Wildman–Crippen LogP) is 3.91. The van der Waals surface area contributed by atoms with E-state index in [1.807, 2.05) is 37.3 Å². The van der Waals surface area contributed by atoms with Gasteiger partial charge in [0, 0.05) is 23.2 Å². The molecule has 0 bridgehead atoms. The van der Waals surface area contributed by atoms with Crippen molar-refractivity contribution in [2.75, 3.05) is 6.54 Å². The molecule has 3 aromatic rings. The number of hydrogen-bond donors (Lipinski definition) is 0. The Kier molecular flexibility index (Phi) is 3.19. The van der Waals surface area contributed by atoms with Crippen molar-refractivity contribution in [3.8, 4) is 5.75 Å². The zero-order chi connectivity index (χ0) is 14.9. The molecular formula is C19H17N2O. The summed E-state index contributed by atoms with van der Waals surface area (Å²) < 4.78 is 6.01. The van der Waals surface area contributed by atoms with E-state index >= 15 is 0 Å². The zero-order valence-electron chi connectivity index (χ0n) is 12.5. The summed E-state index contributed by atoms with van der Waals surface area (Å²) in [6, 6.07) is 16.5. The van der Waals surface area contributed by atoms with Gasteiger partial charge in [0.15, 0.2) is 0 Å². The number of nitrogens with zero attached hydrogens (tertiary/aromatic N) is 2. The minimum Gasteiger partial charge on any atom is -0.489 e. The maximum atomic E-state index is 6.01. The van der Waals surface area contributed by atoms with Crippen molar-refractivity contribution in [2.45, 2.75) is 20.0 Å². The van der Waals surface area contributed by atoms with E-state index in [0.29, 0.717) is 6.61 Å². The van der Waals surface area contributed by atoms with E-state index in [1.165, 1.54) is 11.1 Å². The quantitative estimate of drug-likeness (QED) is 0.733. The Bertz CT molecular complexity index is 842. The van der Waals surface area contributed by atoms with E-state index in [4.69, 9.17) is 4.74 Å². The van der Waals surface area contributed by atoms with E-state index in [9.17, 15) is 0 Å². The van der Waals surface area contributed by atoms with Crippen molar-refractivity contribution in [1.29, 1.82) is 0 Å². The molecule has 3 nitrogen and oxygen atoms in total. The fraction of sp³-hybridized carbons (Fsp3) is 0.211. The van der Waals surface area contributed by atoms with Crippen LogP contribution in [-0.4, -0.2) is 11.5 Å². The zero-order valence-corrected chi connectivity index (χ0v) is 12.5. The molecule has 1 aromatic heterocycles. The van der Waals surface area contributed by atoms with Crippen LogP contribution in [0.4, 0.5) is 5.69 Å². The first-order chi connectivity index (χ1) is 10.8. The van der Waals surface area contributed by atoms with E-state index < -0.39 is 0 Å². The van der Waals surface area contributed by atoms with Crippen LogP contribution in [0.15, 0.2) is 48.5 Å². The largest absolute Gasteiger partial charge is 0.489 e. The highest BCUT2D eigenvalue weighted by atomic mass is 16.5. The Morgan fingerprint density at radius 2 is 2.00 bits per heavy atom. The first-order valence-electron chi connectivity index (χ1n) is 7.58. The summed E-state index contributed by atoms with van der Waals surface area (Å²) in [5.74, 6) is 0.911. The van der Waals surface area contributed by atoms with E-state index in [-0.39, 0.29) is 0 Å². The lowest BCUT2D eigenvalue weighted by Gasteiger charge is -2.11. The summed E-state index contributed by atoms with van der Waals surface area (Å²) in [4.78, 5) is 4.57. The lowest BCUT2D eigenvalue weighted by Crippen LogP contribution is -1.99. The monoisotopic (exact) mass is 289 g/mol. The van der Waals surface area contributed by atoms with Gasteiger partial charge in [-0.15, -0.1) is 0 Å². The molecule has 0 atom stereocenters. The lowest BCUT2D eigenvalue weighted by atomic mass is 10.1. The number of fused-ring (bicyclic) bond motifs is 2. The molecule has 0 unspecified atom stereocenters. The summed E-state index contributed by atoms with van der Waals surface area (Å²) >= 11 is 0. The Labute approximate surface area is 130 Å². The fourth-order valence-electron chi connectivity index (χ4n) is 2.98. The predicted molar refractivity (Wildman–Crippen MR) is 87.6 cm³/mol. The van der Waals surface area contributed by atoms with Crippen LogP contribution in [-0.2, 0) is 13.0 Å². The van der Waals surface area contributed by atoms with Gasteiger partial charge in [-0.25, -0.2) is 0 Å². The molecule has 0 aliphatic carbocycles. The number of para-hydroxylation sites is 1. The number of pyridine rings is 1. The third-order valence-corrected chi connectivity index (χ3v) is 4.04. The van der Waals surface area contributed by atoms with Gasteiger partial charge in [-0.05, 0) is 49.2 Å². The van der Waals surface area contributed by atoms with Gasteiger partial charge in [0.05, 0.1) is 11.2 Å². The van der Waals surface area contributed by atoms with Gasteiger partial charge in [-0.2, -0.15) is 0 Å². The molecule has 0 saturated carbocycles. The highest BCUT2D eigenvalue weighted by Gasteiger charge is 2.12. The summed E-state index contributed by atoms with van der Waals surface area (Å²) in [6.07, 6.45) is 1.02. The molecule has 1 radical (unpaired) electrons. The van der Waals surface area contributed by atoms with Gasteiger partial charge in [0.25, 0.3) is 0 Å². The van der Waals surface area contributed by atoms with Crippen LogP contribution in [0.1, 0.15) is 16.8 Å². The highest BCUT2D eigenvalue weighted by molar-refractivity contribution is 5.82. The van der Waals surface area contributed by atoms with E-state index in [1.54, 1.807) is 0 Å². The molecule has 2 aromatic carbocycles. The summed E-state index contributed by atoms with van der Waals surface area (Å²) in [6.45, 7) is 3.47. The minimum absolute atomic E-state index is 0.555. The number of rotatable bonds is 3. The third-order valence-electron chi connectivity index (χ3n) is 4.04. The second-order valence-electron chi connectivity index (χ2n) is 5.65. The van der Waals surface area contributed by atoms with Crippen molar-refractivity contribution < 1.29 is 4.74 Å². The van der Waals surface area contributed by atoms with Crippen molar-refractivity contribution >= 4 is 16.6 Å². The minimum atomic E-state index is 0.555. The summed E-state index contributed by atoms with van der Waals surface area (Å²) in [5, 5.41) is 5.60. The Morgan fingerprint density at radius 1 is 1.09 bits per heavy atom. The maximum Gasteiger partial charge on any atom is 0.120 e. The highest BCUT2D eigenvalue weighted by Crippen LogP contribution is 2.27. The molecule has 0 fully saturated rings. The number of aromatic nitrogens is 1. The molecule has 0 saturated heterocycles. The van der Waals surface area contributed by atoms with Crippen molar-refractivity contribution in [2.24, 2.45) is 0 Å². The number of benzene rings is 2. The SMILES string of the molecule is Cc1cc(COc2ccc3c(c2)CC[N]3)c2ccccc2n1. The van der Waals surface area contributed by atoms with Gasteiger partial charge in [0.1, 0.15) is 12.4 Å². The average Bonchev–Trinajstić information content (AvgIpc) is 3.00. The molecule has 109 valence electrons. The van der Waals surface area contributed by atoms with Gasteiger partial charge in [0.2, 0.25) is 0 Å². The van der Waals surface area contributed by atoms with Crippen LogP contribution in [0.25, 0.3) is 10.9 Å². The molecule has 22 heavy (non-hydrogen) atoms. The standard InChI is InChI=1S/C19H17N2O/c1-13-10-15(17-4-2-3-5-19(17)21-13)12-22-16-6-7-18-14(11-16)8-9-20-18/h2-7,10-11H,8-9,12H2,1H3. The normalized spacial score (nSPS) is 13.0. The van der Waals surface area contributed by atoms with Crippen LogP contribution in [0.5, 0.6) is 5.75 Å². The van der Waals surface area contributed by atoms with Crippen LogP contribution >= 0.6 is 0 Å². The van der Waals surface area contributed by atoms with Gasteiger partial charge in [-0.3, -0.25) is 10.3 Å².